The van der Waals surface area contributed by atoms with Gasteiger partial charge in [0.15, 0.2) is 9.84 Å². The van der Waals surface area contributed by atoms with Crippen LogP contribution in [0.25, 0.3) is 10.9 Å². The van der Waals surface area contributed by atoms with Crippen LogP contribution in [0.2, 0.25) is 0 Å². The van der Waals surface area contributed by atoms with Crippen molar-refractivity contribution in [2.24, 2.45) is 0 Å². The first-order valence-corrected chi connectivity index (χ1v) is 10.3. The Morgan fingerprint density at radius 2 is 1.77 bits per heavy atom. The number of rotatable bonds is 3. The molecule has 0 saturated carbocycles. The fraction of sp³-hybridized carbons (Fsp3) is 0.200. The number of carbonyl (C=O) groups is 1. The van der Waals surface area contributed by atoms with Crippen molar-refractivity contribution < 1.29 is 13.2 Å². The normalized spacial score (nSPS) is 13.6. The molecule has 1 aliphatic carbocycles. The maximum Gasteiger partial charge on any atom is 0.256 e. The summed E-state index contributed by atoms with van der Waals surface area (Å²) < 4.78 is 23.1. The molecule has 3 aromatic rings. The molecule has 0 atom stereocenters. The van der Waals surface area contributed by atoms with Crippen molar-refractivity contribution in [1.29, 1.82) is 0 Å². The van der Waals surface area contributed by atoms with Crippen LogP contribution >= 0.6 is 0 Å². The van der Waals surface area contributed by atoms with E-state index in [-0.39, 0.29) is 10.8 Å². The highest BCUT2D eigenvalue weighted by atomic mass is 32.2. The smallest absolute Gasteiger partial charge is 0.256 e. The van der Waals surface area contributed by atoms with Crippen molar-refractivity contribution in [3.05, 3.63) is 65.4 Å². The fourth-order valence-electron chi connectivity index (χ4n) is 3.45. The van der Waals surface area contributed by atoms with E-state index >= 15 is 0 Å². The Labute approximate surface area is 152 Å². The SMILES string of the molecule is CS(=O)(=O)c1ccc(NC(=O)c2c3c(nc4ccccc24)CCC3)cc1. The van der Waals surface area contributed by atoms with Gasteiger partial charge in [0.2, 0.25) is 0 Å². The van der Waals surface area contributed by atoms with E-state index in [1.54, 1.807) is 12.1 Å². The monoisotopic (exact) mass is 366 g/mol. The summed E-state index contributed by atoms with van der Waals surface area (Å²) in [7, 11) is -3.26. The highest BCUT2D eigenvalue weighted by molar-refractivity contribution is 7.90. The second-order valence-electron chi connectivity index (χ2n) is 6.53. The van der Waals surface area contributed by atoms with Gasteiger partial charge in [0.05, 0.1) is 16.0 Å². The number of nitrogens with zero attached hydrogens (tertiary/aromatic N) is 1. The minimum atomic E-state index is -3.26. The summed E-state index contributed by atoms with van der Waals surface area (Å²) >= 11 is 0. The topological polar surface area (TPSA) is 76.1 Å². The molecule has 0 unspecified atom stereocenters. The molecule has 0 bridgehead atoms. The Kier molecular flexibility index (Phi) is 4.00. The van der Waals surface area contributed by atoms with E-state index in [2.05, 4.69) is 5.32 Å². The average Bonchev–Trinajstić information content (AvgIpc) is 3.07. The third kappa shape index (κ3) is 2.97. The zero-order valence-electron chi connectivity index (χ0n) is 14.3. The lowest BCUT2D eigenvalue weighted by Gasteiger charge is -2.13. The first-order valence-electron chi connectivity index (χ1n) is 8.45. The highest BCUT2D eigenvalue weighted by Crippen LogP contribution is 2.30. The van der Waals surface area contributed by atoms with Crippen LogP contribution in [0.15, 0.2) is 53.4 Å². The van der Waals surface area contributed by atoms with Gasteiger partial charge < -0.3 is 5.32 Å². The number of benzene rings is 2. The quantitative estimate of drug-likeness (QED) is 0.771. The van der Waals surface area contributed by atoms with E-state index < -0.39 is 9.84 Å². The van der Waals surface area contributed by atoms with Crippen molar-refractivity contribution in [2.45, 2.75) is 24.2 Å². The molecule has 0 radical (unpaired) electrons. The molecule has 0 aliphatic heterocycles. The molecule has 0 saturated heterocycles. The van der Waals surface area contributed by atoms with Crippen LogP contribution in [0.4, 0.5) is 5.69 Å². The Bertz CT molecular complexity index is 1120. The van der Waals surface area contributed by atoms with Crippen LogP contribution in [0.5, 0.6) is 0 Å². The molecule has 1 amide bonds. The minimum Gasteiger partial charge on any atom is -0.322 e. The van der Waals surface area contributed by atoms with Gasteiger partial charge in [-0.25, -0.2) is 8.42 Å². The average molecular weight is 366 g/mol. The van der Waals surface area contributed by atoms with E-state index in [1.165, 1.54) is 12.1 Å². The van der Waals surface area contributed by atoms with Crippen molar-refractivity contribution >= 4 is 32.3 Å². The number of nitrogens with one attached hydrogen (secondary N) is 1. The number of aromatic nitrogens is 1. The van der Waals surface area contributed by atoms with Gasteiger partial charge >= 0.3 is 0 Å². The molecule has 132 valence electrons. The third-order valence-electron chi connectivity index (χ3n) is 4.69. The van der Waals surface area contributed by atoms with Gasteiger partial charge in [-0.2, -0.15) is 0 Å². The third-order valence-corrected chi connectivity index (χ3v) is 5.82. The maximum atomic E-state index is 13.0. The standard InChI is InChI=1S/C20H18N2O3S/c1-26(24,25)14-11-9-13(10-12-14)21-20(23)19-15-5-2-3-7-17(15)22-18-8-4-6-16(18)19/h2-3,5,7,9-12H,4,6,8H2,1H3,(H,21,23). The van der Waals surface area contributed by atoms with Crippen LogP contribution in [-0.2, 0) is 22.7 Å². The number of aryl methyl sites for hydroxylation is 1. The van der Waals surface area contributed by atoms with Crippen molar-refractivity contribution in [2.75, 3.05) is 11.6 Å². The molecule has 2 aromatic carbocycles. The predicted octanol–water partition coefficient (Wildman–Crippen LogP) is 3.38. The van der Waals surface area contributed by atoms with Crippen LogP contribution in [0.1, 0.15) is 28.0 Å². The lowest BCUT2D eigenvalue weighted by molar-refractivity contribution is 0.102. The van der Waals surface area contributed by atoms with Gasteiger partial charge in [-0.3, -0.25) is 9.78 Å². The van der Waals surface area contributed by atoms with Gasteiger partial charge in [-0.1, -0.05) is 18.2 Å². The molecule has 6 heteroatoms. The molecule has 0 fully saturated rings. The van der Waals surface area contributed by atoms with Crippen LogP contribution in [-0.4, -0.2) is 25.6 Å². The lowest BCUT2D eigenvalue weighted by Crippen LogP contribution is -2.15. The summed E-state index contributed by atoms with van der Waals surface area (Å²) in [5.41, 5.74) is 4.09. The van der Waals surface area contributed by atoms with E-state index in [0.29, 0.717) is 11.3 Å². The fourth-order valence-corrected chi connectivity index (χ4v) is 4.08. The second kappa shape index (κ2) is 6.21. The summed E-state index contributed by atoms with van der Waals surface area (Å²) in [5, 5.41) is 3.74. The minimum absolute atomic E-state index is 0.186. The largest absolute Gasteiger partial charge is 0.322 e. The van der Waals surface area contributed by atoms with Gasteiger partial charge in [-0.15, -0.1) is 0 Å². The zero-order valence-corrected chi connectivity index (χ0v) is 15.1. The first-order chi connectivity index (χ1) is 12.4. The summed E-state index contributed by atoms with van der Waals surface area (Å²) in [5.74, 6) is -0.186. The van der Waals surface area contributed by atoms with Crippen molar-refractivity contribution in [3.63, 3.8) is 0 Å². The molecule has 4 rings (SSSR count). The number of sulfone groups is 1. The zero-order chi connectivity index (χ0) is 18.3. The number of amides is 1. The predicted molar refractivity (Wildman–Crippen MR) is 101 cm³/mol. The Hall–Kier alpha value is -2.73. The summed E-state index contributed by atoms with van der Waals surface area (Å²) in [6, 6.07) is 13.9. The van der Waals surface area contributed by atoms with Crippen LogP contribution in [0, 0.1) is 0 Å². The molecule has 1 aliphatic rings. The van der Waals surface area contributed by atoms with E-state index in [4.69, 9.17) is 4.98 Å². The van der Waals surface area contributed by atoms with Gasteiger partial charge in [0, 0.05) is 23.0 Å². The van der Waals surface area contributed by atoms with E-state index in [9.17, 15) is 13.2 Å². The Morgan fingerprint density at radius 1 is 1.04 bits per heavy atom. The van der Waals surface area contributed by atoms with E-state index in [0.717, 1.165) is 47.7 Å². The van der Waals surface area contributed by atoms with Crippen LogP contribution < -0.4 is 5.32 Å². The Balaban J connectivity index is 1.73. The molecule has 1 heterocycles. The number of hydrogen-bond acceptors (Lipinski definition) is 4. The summed E-state index contributed by atoms with van der Waals surface area (Å²) in [4.78, 5) is 17.9. The first kappa shape index (κ1) is 16.7. The number of anilines is 1. The molecular weight excluding hydrogens is 348 g/mol. The van der Waals surface area contributed by atoms with Crippen molar-refractivity contribution in [3.8, 4) is 0 Å². The molecule has 0 spiro atoms. The molecule has 5 nitrogen and oxygen atoms in total. The van der Waals surface area contributed by atoms with Crippen LogP contribution in [0.3, 0.4) is 0 Å². The lowest BCUT2D eigenvalue weighted by atomic mass is 10.0. The second-order valence-corrected chi connectivity index (χ2v) is 8.55. The van der Waals surface area contributed by atoms with Gasteiger partial charge in [0.25, 0.3) is 5.91 Å². The molecule has 26 heavy (non-hydrogen) atoms. The Morgan fingerprint density at radius 3 is 2.50 bits per heavy atom. The van der Waals surface area contributed by atoms with Crippen molar-refractivity contribution in [1.82, 2.24) is 4.98 Å². The van der Waals surface area contributed by atoms with Gasteiger partial charge in [-0.05, 0) is 55.2 Å². The van der Waals surface area contributed by atoms with Gasteiger partial charge in [0.1, 0.15) is 0 Å². The molecule has 1 aromatic heterocycles. The number of fused-ring (bicyclic) bond motifs is 2. The maximum absolute atomic E-state index is 13.0. The molecular formula is C20H18N2O3S. The number of hydrogen-bond donors (Lipinski definition) is 1. The number of carbonyl (C=O) groups excluding carboxylic acids is 1. The summed E-state index contributed by atoms with van der Waals surface area (Å²) in [6.07, 6.45) is 3.90. The summed E-state index contributed by atoms with van der Waals surface area (Å²) in [6.45, 7) is 0. The number of pyridine rings is 1. The molecule has 1 N–H and O–H groups in total. The highest BCUT2D eigenvalue weighted by Gasteiger charge is 2.23. The van der Waals surface area contributed by atoms with E-state index in [1.807, 2.05) is 24.3 Å². The number of para-hydroxylation sites is 1.